The van der Waals surface area contributed by atoms with Gasteiger partial charge < -0.3 is 4.98 Å². The molecule has 0 amide bonds. The molecule has 0 spiro atoms. The van der Waals surface area contributed by atoms with E-state index in [2.05, 4.69) is 123 Å². The van der Waals surface area contributed by atoms with E-state index < -0.39 is 0 Å². The SMILES string of the molecule is c1ccc2c(c1)Cc1cc3ccccc3[n+](CCCCC[n+]3c4ccccc4cc4[nH]c5ccccc5c43)c1-2. The highest BCUT2D eigenvalue weighted by molar-refractivity contribution is 6.05. The van der Waals surface area contributed by atoms with Gasteiger partial charge in [-0.2, -0.15) is 9.13 Å². The van der Waals surface area contributed by atoms with Crippen molar-refractivity contribution >= 4 is 43.7 Å². The number of hydrogen-bond donors (Lipinski definition) is 1. The molecular formula is C36H31N3+2. The molecule has 188 valence electrons. The number of pyridine rings is 2. The number of benzene rings is 4. The summed E-state index contributed by atoms with van der Waals surface area (Å²) in [6, 6.07) is 40.0. The summed E-state index contributed by atoms with van der Waals surface area (Å²) in [4.78, 5) is 3.66. The third-order valence-corrected chi connectivity index (χ3v) is 8.55. The molecule has 0 aliphatic heterocycles. The van der Waals surface area contributed by atoms with Crippen LogP contribution in [0, 0.1) is 0 Å². The number of fused-ring (bicyclic) bond motifs is 8. The van der Waals surface area contributed by atoms with Crippen LogP contribution >= 0.6 is 0 Å². The number of nitrogens with zero attached hydrogens (tertiary/aromatic N) is 2. The molecular weight excluding hydrogens is 474 g/mol. The molecule has 0 fully saturated rings. The Morgan fingerprint density at radius 1 is 0.564 bits per heavy atom. The molecule has 0 saturated carbocycles. The third kappa shape index (κ3) is 3.64. The van der Waals surface area contributed by atoms with Gasteiger partial charge in [-0.3, -0.25) is 0 Å². The Labute approximate surface area is 228 Å². The fourth-order valence-electron chi connectivity index (χ4n) is 6.82. The van der Waals surface area contributed by atoms with Crippen molar-refractivity contribution in [2.45, 2.75) is 38.8 Å². The van der Waals surface area contributed by atoms with Crippen LogP contribution in [0.4, 0.5) is 0 Å². The summed E-state index contributed by atoms with van der Waals surface area (Å²) in [7, 11) is 0. The van der Waals surface area contributed by atoms with Gasteiger partial charge in [0, 0.05) is 53.3 Å². The molecule has 7 aromatic rings. The highest BCUT2D eigenvalue weighted by Crippen LogP contribution is 2.35. The van der Waals surface area contributed by atoms with E-state index in [9.17, 15) is 0 Å². The molecule has 1 aliphatic carbocycles. The number of hydrogen-bond acceptors (Lipinski definition) is 0. The molecule has 1 N–H and O–H groups in total. The molecule has 0 bridgehead atoms. The predicted molar refractivity (Wildman–Crippen MR) is 160 cm³/mol. The average Bonchev–Trinajstić information content (AvgIpc) is 3.54. The van der Waals surface area contributed by atoms with E-state index in [4.69, 9.17) is 0 Å². The van der Waals surface area contributed by atoms with Gasteiger partial charge >= 0.3 is 0 Å². The Balaban J connectivity index is 1.10. The van der Waals surface area contributed by atoms with Crippen LogP contribution in [0.1, 0.15) is 30.4 Å². The number of nitrogens with one attached hydrogen (secondary N) is 1. The molecule has 0 radical (unpaired) electrons. The van der Waals surface area contributed by atoms with Gasteiger partial charge in [0.1, 0.15) is 18.6 Å². The van der Waals surface area contributed by atoms with Gasteiger partial charge in [-0.15, -0.1) is 0 Å². The highest BCUT2D eigenvalue weighted by atomic mass is 15.0. The summed E-state index contributed by atoms with van der Waals surface area (Å²) in [5, 5.41) is 3.94. The van der Waals surface area contributed by atoms with Crippen molar-refractivity contribution in [1.29, 1.82) is 0 Å². The smallest absolute Gasteiger partial charge is 0.238 e. The number of aromatic amines is 1. The minimum absolute atomic E-state index is 1.01. The van der Waals surface area contributed by atoms with Gasteiger partial charge in [0.15, 0.2) is 0 Å². The number of H-pyrrole nitrogens is 1. The van der Waals surface area contributed by atoms with E-state index in [-0.39, 0.29) is 0 Å². The van der Waals surface area contributed by atoms with E-state index in [1.165, 1.54) is 72.5 Å². The first-order chi connectivity index (χ1) is 19.3. The van der Waals surface area contributed by atoms with Crippen LogP contribution in [0.3, 0.4) is 0 Å². The summed E-state index contributed by atoms with van der Waals surface area (Å²) >= 11 is 0. The maximum atomic E-state index is 3.66. The lowest BCUT2D eigenvalue weighted by Gasteiger charge is -2.08. The van der Waals surface area contributed by atoms with Gasteiger partial charge in [-0.05, 0) is 54.4 Å². The third-order valence-electron chi connectivity index (χ3n) is 8.55. The van der Waals surface area contributed by atoms with Crippen LogP contribution in [0.5, 0.6) is 0 Å². The van der Waals surface area contributed by atoms with Crippen molar-refractivity contribution in [3.8, 4) is 11.3 Å². The summed E-state index contributed by atoms with van der Waals surface area (Å²) < 4.78 is 5.14. The topological polar surface area (TPSA) is 23.5 Å². The molecule has 0 unspecified atom stereocenters. The Morgan fingerprint density at radius 2 is 1.23 bits per heavy atom. The molecule has 4 aromatic carbocycles. The molecule has 3 heterocycles. The molecule has 3 nitrogen and oxygen atoms in total. The van der Waals surface area contributed by atoms with Gasteiger partial charge in [0.25, 0.3) is 0 Å². The minimum Gasteiger partial charge on any atom is -0.349 e. The van der Waals surface area contributed by atoms with Gasteiger partial charge in [-0.25, -0.2) is 0 Å². The zero-order chi connectivity index (χ0) is 25.8. The second kappa shape index (κ2) is 9.06. The van der Waals surface area contributed by atoms with Gasteiger partial charge in [0.2, 0.25) is 22.2 Å². The quantitative estimate of drug-likeness (QED) is 0.177. The molecule has 8 rings (SSSR count). The lowest BCUT2D eigenvalue weighted by molar-refractivity contribution is -0.662. The van der Waals surface area contributed by atoms with E-state index in [1.54, 1.807) is 0 Å². The molecule has 3 heteroatoms. The monoisotopic (exact) mass is 505 g/mol. The first-order valence-corrected chi connectivity index (χ1v) is 14.2. The lowest BCUT2D eigenvalue weighted by Crippen LogP contribution is -2.38. The maximum absolute atomic E-state index is 3.66. The molecule has 1 aliphatic rings. The number of unbranched alkanes of at least 4 members (excludes halogenated alkanes) is 2. The van der Waals surface area contributed by atoms with Crippen molar-refractivity contribution in [1.82, 2.24) is 4.98 Å². The van der Waals surface area contributed by atoms with E-state index >= 15 is 0 Å². The number of rotatable bonds is 6. The first-order valence-electron chi connectivity index (χ1n) is 14.2. The number of aryl methyl sites for hydroxylation is 2. The molecule has 0 saturated heterocycles. The van der Waals surface area contributed by atoms with Crippen molar-refractivity contribution in [3.63, 3.8) is 0 Å². The zero-order valence-corrected chi connectivity index (χ0v) is 22.0. The van der Waals surface area contributed by atoms with Crippen LogP contribution in [-0.4, -0.2) is 4.98 Å². The zero-order valence-electron chi connectivity index (χ0n) is 22.0. The van der Waals surface area contributed by atoms with Crippen LogP contribution < -0.4 is 9.13 Å². The normalized spacial score (nSPS) is 12.5. The second-order valence-electron chi connectivity index (χ2n) is 10.9. The van der Waals surface area contributed by atoms with Crippen molar-refractivity contribution in [2.75, 3.05) is 0 Å². The van der Waals surface area contributed by atoms with Crippen LogP contribution in [0.15, 0.2) is 109 Å². The Morgan fingerprint density at radius 3 is 2.10 bits per heavy atom. The number of para-hydroxylation sites is 3. The average molecular weight is 506 g/mol. The standard InChI is InChI=1S/C36H30N3/c1(10-20-38-33-18-8-3-13-26(33)23-28-22-25-12-2-5-15-29(25)35(28)38)11-21-39-34-19-9-4-14-27(34)24-32-36(39)30-16-6-7-17-31(30)37-32/h2-9,12-19,23-24H,1,10-11,20-22H2/q+1/p+1. The Hall–Kier alpha value is -4.50. The summed E-state index contributed by atoms with van der Waals surface area (Å²) in [5.74, 6) is 0. The van der Waals surface area contributed by atoms with Crippen molar-refractivity contribution in [3.05, 3.63) is 120 Å². The molecule has 39 heavy (non-hydrogen) atoms. The van der Waals surface area contributed by atoms with E-state index in [0.717, 1.165) is 32.4 Å². The van der Waals surface area contributed by atoms with Gasteiger partial charge in [-0.1, -0.05) is 54.6 Å². The maximum Gasteiger partial charge on any atom is 0.238 e. The summed E-state index contributed by atoms with van der Waals surface area (Å²) in [6.45, 7) is 2.06. The fourth-order valence-corrected chi connectivity index (χ4v) is 6.82. The predicted octanol–water partition coefficient (Wildman–Crippen LogP) is 7.64. The van der Waals surface area contributed by atoms with Gasteiger partial charge in [0.05, 0.1) is 10.9 Å². The first kappa shape index (κ1) is 22.5. The highest BCUT2D eigenvalue weighted by Gasteiger charge is 2.29. The molecule has 0 atom stereocenters. The van der Waals surface area contributed by atoms with Crippen molar-refractivity contribution < 1.29 is 9.13 Å². The van der Waals surface area contributed by atoms with Crippen LogP contribution in [0.2, 0.25) is 0 Å². The second-order valence-corrected chi connectivity index (χ2v) is 10.9. The van der Waals surface area contributed by atoms with Crippen LogP contribution in [0.25, 0.3) is 55.0 Å². The van der Waals surface area contributed by atoms with E-state index in [0.29, 0.717) is 0 Å². The lowest BCUT2D eigenvalue weighted by atomic mass is 10.1. The van der Waals surface area contributed by atoms with E-state index in [1.807, 2.05) is 0 Å². The number of aromatic nitrogens is 3. The Bertz CT molecular complexity index is 2030. The van der Waals surface area contributed by atoms with Crippen molar-refractivity contribution in [2.24, 2.45) is 0 Å². The Kier molecular flexibility index (Phi) is 5.22. The largest absolute Gasteiger partial charge is 0.349 e. The molecule has 3 aromatic heterocycles. The minimum atomic E-state index is 1.01. The summed E-state index contributed by atoms with van der Waals surface area (Å²) in [6.07, 6.45) is 4.54. The summed E-state index contributed by atoms with van der Waals surface area (Å²) in [5.41, 5.74) is 12.1. The van der Waals surface area contributed by atoms with Crippen LogP contribution in [-0.2, 0) is 19.5 Å². The fraction of sp³-hybridized carbons (Fsp3) is 0.167.